The van der Waals surface area contributed by atoms with Crippen LogP contribution >= 0.6 is 11.6 Å². The van der Waals surface area contributed by atoms with E-state index in [1.807, 2.05) is 30.8 Å². The minimum absolute atomic E-state index is 0.265. The molecule has 1 atom stereocenters. The summed E-state index contributed by atoms with van der Waals surface area (Å²) in [4.78, 5) is 4.35. The summed E-state index contributed by atoms with van der Waals surface area (Å²) in [6.45, 7) is 4.56. The SMILES string of the molecule is CCn1ncc2c1-c1cnc(N)c(c1)OC(C)c1cc(F)ccc1-c1nn(C)c(Cl)c1C2. The highest BCUT2D eigenvalue weighted by atomic mass is 35.5. The Morgan fingerprint density at radius 2 is 2.09 bits per heavy atom. The number of rotatable bonds is 1. The Hall–Kier alpha value is -3.39. The largest absolute Gasteiger partial charge is 0.482 e. The van der Waals surface area contributed by atoms with E-state index in [1.165, 1.54) is 12.1 Å². The van der Waals surface area contributed by atoms with Gasteiger partial charge in [-0.2, -0.15) is 10.2 Å². The van der Waals surface area contributed by atoms with Gasteiger partial charge in [0.15, 0.2) is 11.6 Å². The number of fused-ring (bicyclic) bond motifs is 7. The Bertz CT molecular complexity index is 1340. The van der Waals surface area contributed by atoms with Crippen LogP contribution < -0.4 is 10.5 Å². The van der Waals surface area contributed by atoms with Gasteiger partial charge in [0.1, 0.15) is 17.1 Å². The molecule has 2 bridgehead atoms. The topological polar surface area (TPSA) is 83.8 Å². The van der Waals surface area contributed by atoms with Crippen LogP contribution in [0.2, 0.25) is 5.15 Å². The molecule has 4 aromatic rings. The van der Waals surface area contributed by atoms with Crippen LogP contribution in [0.25, 0.3) is 22.5 Å². The molecule has 0 fully saturated rings. The maximum Gasteiger partial charge on any atom is 0.166 e. The van der Waals surface area contributed by atoms with E-state index in [-0.39, 0.29) is 11.6 Å². The summed E-state index contributed by atoms with van der Waals surface area (Å²) in [6.07, 6.45) is 3.54. The number of halogens is 2. The molecule has 1 aliphatic heterocycles. The lowest BCUT2D eigenvalue weighted by atomic mass is 9.94. The van der Waals surface area contributed by atoms with Gasteiger partial charge >= 0.3 is 0 Å². The minimum atomic E-state index is -0.510. The molecule has 2 N–H and O–H groups in total. The molecular formula is C23H22ClFN6O. The van der Waals surface area contributed by atoms with Crippen molar-refractivity contribution in [1.82, 2.24) is 24.5 Å². The number of nitrogen functional groups attached to an aromatic ring is 1. The highest BCUT2D eigenvalue weighted by molar-refractivity contribution is 6.30. The van der Waals surface area contributed by atoms with Crippen LogP contribution in [0.15, 0.2) is 36.7 Å². The van der Waals surface area contributed by atoms with Crippen molar-refractivity contribution in [3.63, 3.8) is 0 Å². The molecular weight excluding hydrogens is 431 g/mol. The molecule has 3 aromatic heterocycles. The lowest BCUT2D eigenvalue weighted by molar-refractivity contribution is 0.227. The third-order valence-electron chi connectivity index (χ3n) is 5.82. The van der Waals surface area contributed by atoms with Gasteiger partial charge in [-0.15, -0.1) is 0 Å². The number of nitrogens with two attached hydrogens (primary N) is 1. The molecule has 164 valence electrons. The quantitative estimate of drug-likeness (QED) is 0.449. The van der Waals surface area contributed by atoms with Crippen LogP contribution in [0.4, 0.5) is 10.2 Å². The Balaban J connectivity index is 1.84. The summed E-state index contributed by atoms with van der Waals surface area (Å²) in [6, 6.07) is 6.46. The Morgan fingerprint density at radius 3 is 2.88 bits per heavy atom. The third-order valence-corrected chi connectivity index (χ3v) is 6.29. The van der Waals surface area contributed by atoms with Crippen molar-refractivity contribution in [3.05, 3.63) is 64.3 Å². The fourth-order valence-electron chi connectivity index (χ4n) is 4.26. The van der Waals surface area contributed by atoms with Gasteiger partial charge in [0.05, 0.1) is 17.6 Å². The molecule has 0 spiro atoms. The smallest absolute Gasteiger partial charge is 0.166 e. The average molecular weight is 453 g/mol. The summed E-state index contributed by atoms with van der Waals surface area (Å²) in [5.74, 6) is 0.336. The van der Waals surface area contributed by atoms with Crippen molar-refractivity contribution in [2.45, 2.75) is 32.9 Å². The standard InChI is InChI=1S/C23H22ClFN6O/c1-4-31-21-13(11-28-31)7-18-20(29-30(3)22(18)24)16-6-5-15(25)9-17(16)12(2)32-19-8-14(21)10-27-23(19)26/h5-6,8-12H,4,7H2,1-3H3,(H2,26,27). The molecule has 0 aliphatic carbocycles. The average Bonchev–Trinajstić information content (AvgIpc) is 3.30. The van der Waals surface area contributed by atoms with Gasteiger partial charge in [0, 0.05) is 54.0 Å². The Morgan fingerprint density at radius 1 is 1.28 bits per heavy atom. The highest BCUT2D eigenvalue weighted by Crippen LogP contribution is 2.40. The lowest BCUT2D eigenvalue weighted by Gasteiger charge is -2.21. The van der Waals surface area contributed by atoms with E-state index < -0.39 is 6.10 Å². The first kappa shape index (κ1) is 20.5. The minimum Gasteiger partial charge on any atom is -0.482 e. The summed E-state index contributed by atoms with van der Waals surface area (Å²) < 4.78 is 24.0. The zero-order valence-electron chi connectivity index (χ0n) is 17.9. The van der Waals surface area contributed by atoms with E-state index in [0.717, 1.165) is 27.9 Å². The van der Waals surface area contributed by atoms with Crippen molar-refractivity contribution >= 4 is 17.4 Å². The molecule has 32 heavy (non-hydrogen) atoms. The van der Waals surface area contributed by atoms with E-state index in [1.54, 1.807) is 24.0 Å². The van der Waals surface area contributed by atoms with E-state index in [4.69, 9.17) is 22.1 Å². The second-order valence-electron chi connectivity index (χ2n) is 7.85. The molecule has 0 saturated carbocycles. The lowest BCUT2D eigenvalue weighted by Crippen LogP contribution is -2.10. The molecule has 4 heterocycles. The fraction of sp³-hybridized carbons (Fsp3) is 0.261. The van der Waals surface area contributed by atoms with Gasteiger partial charge < -0.3 is 10.5 Å². The Kier molecular flexibility index (Phi) is 4.89. The first-order valence-corrected chi connectivity index (χ1v) is 10.7. The third kappa shape index (κ3) is 3.22. The maximum atomic E-state index is 14.3. The van der Waals surface area contributed by atoms with Crippen LogP contribution in [-0.2, 0) is 20.0 Å². The van der Waals surface area contributed by atoms with Crippen molar-refractivity contribution in [1.29, 1.82) is 0 Å². The second-order valence-corrected chi connectivity index (χ2v) is 8.21. The molecule has 7 nitrogen and oxygen atoms in total. The predicted molar refractivity (Wildman–Crippen MR) is 121 cm³/mol. The van der Waals surface area contributed by atoms with Crippen molar-refractivity contribution < 1.29 is 9.13 Å². The van der Waals surface area contributed by atoms with Crippen LogP contribution in [0, 0.1) is 5.82 Å². The van der Waals surface area contributed by atoms with Crippen LogP contribution in [0.3, 0.4) is 0 Å². The van der Waals surface area contributed by atoms with Gasteiger partial charge in [0.2, 0.25) is 0 Å². The Labute approximate surface area is 189 Å². The number of hydrogen-bond donors (Lipinski definition) is 1. The molecule has 0 amide bonds. The maximum absolute atomic E-state index is 14.3. The van der Waals surface area contributed by atoms with Gasteiger partial charge in [-0.3, -0.25) is 9.36 Å². The summed E-state index contributed by atoms with van der Waals surface area (Å²) in [7, 11) is 1.79. The summed E-state index contributed by atoms with van der Waals surface area (Å²) in [5.41, 5.74) is 11.8. The summed E-state index contributed by atoms with van der Waals surface area (Å²) in [5, 5.41) is 9.75. The molecule has 0 saturated heterocycles. The first-order chi connectivity index (χ1) is 15.4. The normalized spacial score (nSPS) is 15.1. The molecule has 1 aliphatic rings. The zero-order chi connectivity index (χ0) is 22.6. The van der Waals surface area contributed by atoms with Crippen molar-refractivity contribution in [2.75, 3.05) is 5.73 Å². The number of aryl methyl sites for hydroxylation is 2. The van der Waals surface area contributed by atoms with Gasteiger partial charge in [-0.05, 0) is 38.1 Å². The second kappa shape index (κ2) is 7.63. The number of nitrogens with zero attached hydrogens (tertiary/aromatic N) is 5. The van der Waals surface area contributed by atoms with Gasteiger partial charge in [0.25, 0.3) is 0 Å². The van der Waals surface area contributed by atoms with Crippen LogP contribution in [0.1, 0.15) is 36.6 Å². The number of anilines is 1. The number of aromatic nitrogens is 5. The predicted octanol–water partition coefficient (Wildman–Crippen LogP) is 4.78. The first-order valence-electron chi connectivity index (χ1n) is 10.4. The number of ether oxygens (including phenoxy) is 1. The molecule has 5 rings (SSSR count). The highest BCUT2D eigenvalue weighted by Gasteiger charge is 2.26. The molecule has 1 aromatic carbocycles. The summed E-state index contributed by atoms with van der Waals surface area (Å²) >= 11 is 6.69. The van der Waals surface area contributed by atoms with Crippen LogP contribution in [-0.4, -0.2) is 24.5 Å². The van der Waals surface area contributed by atoms with Crippen molar-refractivity contribution in [2.24, 2.45) is 7.05 Å². The zero-order valence-corrected chi connectivity index (χ0v) is 18.7. The van der Waals surface area contributed by atoms with E-state index >= 15 is 0 Å². The van der Waals surface area contributed by atoms with Crippen molar-refractivity contribution in [3.8, 4) is 28.3 Å². The molecule has 1 unspecified atom stereocenters. The number of hydrogen-bond acceptors (Lipinski definition) is 5. The fourth-order valence-corrected chi connectivity index (χ4v) is 4.45. The van der Waals surface area contributed by atoms with Crippen LogP contribution in [0.5, 0.6) is 5.75 Å². The van der Waals surface area contributed by atoms with E-state index in [9.17, 15) is 4.39 Å². The van der Waals surface area contributed by atoms with Gasteiger partial charge in [-0.1, -0.05) is 11.6 Å². The van der Waals surface area contributed by atoms with Gasteiger partial charge in [-0.25, -0.2) is 9.37 Å². The number of pyridine rings is 1. The monoisotopic (exact) mass is 452 g/mol. The van der Waals surface area contributed by atoms with E-state index in [0.29, 0.717) is 35.1 Å². The van der Waals surface area contributed by atoms with E-state index in [2.05, 4.69) is 15.2 Å². The number of benzene rings is 1. The molecule has 0 radical (unpaired) electrons. The molecule has 9 heteroatoms.